The number of alkyl halides is 3. The summed E-state index contributed by atoms with van der Waals surface area (Å²) in [7, 11) is 0. The van der Waals surface area contributed by atoms with E-state index in [9.17, 15) is 18.0 Å². The first-order valence-corrected chi connectivity index (χ1v) is 9.58. The van der Waals surface area contributed by atoms with Gasteiger partial charge in [0.2, 0.25) is 0 Å². The highest BCUT2D eigenvalue weighted by Crippen LogP contribution is 2.34. The van der Waals surface area contributed by atoms with Crippen LogP contribution >= 0.6 is 0 Å². The number of benzene rings is 1. The van der Waals surface area contributed by atoms with Crippen LogP contribution in [0.4, 0.5) is 13.2 Å². The zero-order chi connectivity index (χ0) is 19.6. The van der Waals surface area contributed by atoms with E-state index in [4.69, 9.17) is 5.11 Å². The molecule has 2 N–H and O–H groups in total. The lowest BCUT2D eigenvalue weighted by Gasteiger charge is -2.44. The van der Waals surface area contributed by atoms with Crippen LogP contribution in [0.2, 0.25) is 0 Å². The molecular weight excluding hydrogens is 357 g/mol. The molecule has 1 aromatic rings. The largest absolute Gasteiger partial charge is 0.480 e. The molecule has 1 unspecified atom stereocenters. The Morgan fingerprint density at radius 3 is 2.63 bits per heavy atom. The molecule has 2 aliphatic rings. The number of halogens is 3. The number of hydrogen-bond acceptors (Lipinski definition) is 3. The summed E-state index contributed by atoms with van der Waals surface area (Å²) < 4.78 is 38.5. The van der Waals surface area contributed by atoms with Crippen LogP contribution in [0.1, 0.15) is 43.7 Å². The third kappa shape index (κ3) is 5.94. The van der Waals surface area contributed by atoms with Crippen LogP contribution in [0.3, 0.4) is 0 Å². The molecule has 0 radical (unpaired) electrons. The summed E-state index contributed by atoms with van der Waals surface area (Å²) in [6.07, 6.45) is 0.395. The Hall–Kier alpha value is -1.60. The number of nitrogens with one attached hydrogen (secondary N) is 1. The predicted octanol–water partition coefficient (Wildman–Crippen LogP) is 3.55. The van der Waals surface area contributed by atoms with Gasteiger partial charge in [0.25, 0.3) is 0 Å². The van der Waals surface area contributed by atoms with Crippen molar-refractivity contribution in [2.75, 3.05) is 13.1 Å². The van der Waals surface area contributed by atoms with E-state index in [-0.39, 0.29) is 12.6 Å². The molecule has 7 heteroatoms. The van der Waals surface area contributed by atoms with Crippen LogP contribution in [0.5, 0.6) is 0 Å². The molecular formula is C20H27F3N2O2. The van der Waals surface area contributed by atoms with E-state index in [0.29, 0.717) is 30.0 Å². The number of carboxylic acid groups (broad SMARTS) is 1. The zero-order valence-corrected chi connectivity index (χ0v) is 15.5. The Labute approximate surface area is 157 Å². The van der Waals surface area contributed by atoms with Crippen LogP contribution in [-0.2, 0) is 17.4 Å². The first-order chi connectivity index (χ1) is 12.7. The Morgan fingerprint density at radius 2 is 2.04 bits per heavy atom. The van der Waals surface area contributed by atoms with Gasteiger partial charge in [-0.25, -0.2) is 0 Å². The second-order valence-corrected chi connectivity index (χ2v) is 8.06. The number of carbonyl (C=O) groups is 1. The summed E-state index contributed by atoms with van der Waals surface area (Å²) in [5.74, 6) is -0.138. The molecule has 2 aliphatic carbocycles. The first-order valence-electron chi connectivity index (χ1n) is 9.58. The average Bonchev–Trinajstić information content (AvgIpc) is 3.33. The molecule has 0 aromatic heterocycles. The average molecular weight is 384 g/mol. The molecule has 2 fully saturated rings. The van der Waals surface area contributed by atoms with Crippen LogP contribution in [0.15, 0.2) is 24.3 Å². The lowest BCUT2D eigenvalue weighted by Crippen LogP contribution is -2.56. The van der Waals surface area contributed by atoms with E-state index in [1.165, 1.54) is 25.0 Å². The smallest absolute Gasteiger partial charge is 0.416 e. The first kappa shape index (κ1) is 20.1. The molecule has 4 nitrogen and oxygen atoms in total. The van der Waals surface area contributed by atoms with E-state index in [1.807, 2.05) is 6.92 Å². The van der Waals surface area contributed by atoms with Gasteiger partial charge in [0, 0.05) is 24.7 Å². The van der Waals surface area contributed by atoms with Gasteiger partial charge in [-0.1, -0.05) is 18.2 Å². The van der Waals surface area contributed by atoms with Crippen molar-refractivity contribution in [1.82, 2.24) is 10.2 Å². The standard InChI is InChI=1S/C20H27F3N2O2/c1-13(7-15-3-2-4-16(8-15)20(21,22)23)24-17-9-18(10-17)25(12-19(26)27)11-14-5-6-14/h2-4,8,13-14,17-18,24H,5-7,9-12H2,1H3,(H,26,27). The molecule has 0 spiro atoms. The minimum atomic E-state index is -4.32. The van der Waals surface area contributed by atoms with Crippen molar-refractivity contribution in [3.05, 3.63) is 35.4 Å². The minimum Gasteiger partial charge on any atom is -0.480 e. The second-order valence-electron chi connectivity index (χ2n) is 8.06. The Balaban J connectivity index is 1.45. The molecule has 1 aromatic carbocycles. The molecule has 3 rings (SSSR count). The summed E-state index contributed by atoms with van der Waals surface area (Å²) >= 11 is 0. The summed E-state index contributed by atoms with van der Waals surface area (Å²) in [5, 5.41) is 12.6. The molecule has 1 atom stereocenters. The van der Waals surface area contributed by atoms with Crippen molar-refractivity contribution >= 4 is 5.97 Å². The number of aliphatic carboxylic acids is 1. The van der Waals surface area contributed by atoms with Gasteiger partial charge in [-0.2, -0.15) is 13.2 Å². The fraction of sp³-hybridized carbons (Fsp3) is 0.650. The number of hydrogen-bond donors (Lipinski definition) is 2. The second kappa shape index (κ2) is 8.19. The highest BCUT2D eigenvalue weighted by atomic mass is 19.4. The fourth-order valence-corrected chi connectivity index (χ4v) is 3.86. The molecule has 0 saturated heterocycles. The quantitative estimate of drug-likeness (QED) is 0.684. The highest BCUT2D eigenvalue weighted by Gasteiger charge is 2.37. The molecule has 0 aliphatic heterocycles. The van der Waals surface area contributed by atoms with Crippen molar-refractivity contribution in [3.63, 3.8) is 0 Å². The van der Waals surface area contributed by atoms with Gasteiger partial charge in [-0.15, -0.1) is 0 Å². The van der Waals surface area contributed by atoms with Crippen LogP contribution in [0.25, 0.3) is 0 Å². The third-order valence-corrected chi connectivity index (χ3v) is 5.47. The number of rotatable bonds is 9. The molecule has 150 valence electrons. The topological polar surface area (TPSA) is 52.6 Å². The third-order valence-electron chi connectivity index (χ3n) is 5.47. The van der Waals surface area contributed by atoms with E-state index in [1.54, 1.807) is 6.07 Å². The summed E-state index contributed by atoms with van der Waals surface area (Å²) in [5.41, 5.74) is 0.0576. The normalized spacial score (nSPS) is 23.9. The Kier molecular flexibility index (Phi) is 6.11. The van der Waals surface area contributed by atoms with E-state index in [0.717, 1.165) is 25.5 Å². The highest BCUT2D eigenvalue weighted by molar-refractivity contribution is 5.69. The maximum absolute atomic E-state index is 12.8. The molecule has 0 bridgehead atoms. The summed E-state index contributed by atoms with van der Waals surface area (Å²) in [6.45, 7) is 2.93. The van der Waals surface area contributed by atoms with Crippen LogP contribution in [0, 0.1) is 5.92 Å². The maximum atomic E-state index is 12.8. The minimum absolute atomic E-state index is 0.0655. The lowest BCUT2D eigenvalue weighted by molar-refractivity contribution is -0.140. The van der Waals surface area contributed by atoms with Crippen molar-refractivity contribution in [3.8, 4) is 0 Å². The van der Waals surface area contributed by atoms with Gasteiger partial charge < -0.3 is 10.4 Å². The summed E-state index contributed by atoms with van der Waals surface area (Å²) in [6, 6.07) is 6.13. The van der Waals surface area contributed by atoms with Gasteiger partial charge in [0.1, 0.15) is 0 Å². The summed E-state index contributed by atoms with van der Waals surface area (Å²) in [4.78, 5) is 13.2. The zero-order valence-electron chi connectivity index (χ0n) is 15.5. The number of carboxylic acids is 1. The molecule has 27 heavy (non-hydrogen) atoms. The fourth-order valence-electron chi connectivity index (χ4n) is 3.86. The number of nitrogens with zero attached hydrogens (tertiary/aromatic N) is 1. The molecule has 0 amide bonds. The van der Waals surface area contributed by atoms with Crippen molar-refractivity contribution in [1.29, 1.82) is 0 Å². The molecule has 2 saturated carbocycles. The van der Waals surface area contributed by atoms with Crippen molar-refractivity contribution in [2.24, 2.45) is 5.92 Å². The monoisotopic (exact) mass is 384 g/mol. The van der Waals surface area contributed by atoms with Crippen LogP contribution < -0.4 is 5.32 Å². The Bertz CT molecular complexity index is 655. The van der Waals surface area contributed by atoms with Gasteiger partial charge in [0.15, 0.2) is 0 Å². The van der Waals surface area contributed by atoms with E-state index >= 15 is 0 Å². The van der Waals surface area contributed by atoms with E-state index in [2.05, 4.69) is 10.2 Å². The maximum Gasteiger partial charge on any atom is 0.416 e. The van der Waals surface area contributed by atoms with Crippen LogP contribution in [-0.4, -0.2) is 47.2 Å². The van der Waals surface area contributed by atoms with E-state index < -0.39 is 17.7 Å². The lowest BCUT2D eigenvalue weighted by atomic mass is 9.84. The van der Waals surface area contributed by atoms with Gasteiger partial charge >= 0.3 is 12.1 Å². The molecule has 0 heterocycles. The van der Waals surface area contributed by atoms with Gasteiger partial charge in [-0.05, 0) is 56.6 Å². The predicted molar refractivity (Wildman–Crippen MR) is 96.5 cm³/mol. The Morgan fingerprint density at radius 1 is 1.33 bits per heavy atom. The van der Waals surface area contributed by atoms with Gasteiger partial charge in [-0.3, -0.25) is 9.69 Å². The van der Waals surface area contributed by atoms with Crippen molar-refractivity contribution < 1.29 is 23.1 Å². The SMILES string of the molecule is CC(Cc1cccc(C(F)(F)F)c1)NC1CC(N(CC(=O)O)CC2CC2)C1. The van der Waals surface area contributed by atoms with Crippen molar-refractivity contribution in [2.45, 2.75) is 63.3 Å². The van der Waals surface area contributed by atoms with Gasteiger partial charge in [0.05, 0.1) is 12.1 Å².